The van der Waals surface area contributed by atoms with E-state index < -0.39 is 0 Å². The molecular weight excluding hydrogens is 524 g/mol. The summed E-state index contributed by atoms with van der Waals surface area (Å²) in [5, 5.41) is 18.7. The molecule has 12 heteroatoms. The fourth-order valence-corrected chi connectivity index (χ4v) is 5.81. The van der Waals surface area contributed by atoms with Crippen LogP contribution in [0.1, 0.15) is 55.8 Å². The number of aliphatic imine (C=N–C) groups is 1. The molecule has 3 aromatic rings. The first-order valence-electron chi connectivity index (χ1n) is 14.6. The summed E-state index contributed by atoms with van der Waals surface area (Å²) in [5.74, 6) is 1.18. The van der Waals surface area contributed by atoms with E-state index in [1.165, 1.54) is 0 Å². The van der Waals surface area contributed by atoms with Crippen LogP contribution in [0.15, 0.2) is 35.5 Å². The molecule has 4 atom stereocenters. The minimum atomic E-state index is -0.365. The van der Waals surface area contributed by atoms with Gasteiger partial charge in [-0.25, -0.2) is 4.79 Å². The van der Waals surface area contributed by atoms with Gasteiger partial charge in [0.1, 0.15) is 22.8 Å². The molecule has 2 fully saturated rings. The molecule has 0 spiro atoms. The zero-order chi connectivity index (χ0) is 28.0. The number of alkyl carbamates (subject to hydrolysis) is 1. The summed E-state index contributed by atoms with van der Waals surface area (Å²) in [4.78, 5) is 21.1. The zero-order valence-electron chi connectivity index (χ0n) is 23.4. The molecule has 41 heavy (non-hydrogen) atoms. The van der Waals surface area contributed by atoms with E-state index in [2.05, 4.69) is 36.9 Å². The monoisotopic (exact) mass is 562 g/mol. The Balaban J connectivity index is 1.04. The summed E-state index contributed by atoms with van der Waals surface area (Å²) < 4.78 is 19.3. The van der Waals surface area contributed by atoms with Crippen LogP contribution >= 0.6 is 0 Å². The van der Waals surface area contributed by atoms with Gasteiger partial charge in [-0.3, -0.25) is 19.8 Å². The number of pyridine rings is 1. The second-order valence-electron chi connectivity index (χ2n) is 11.0. The van der Waals surface area contributed by atoms with Crippen LogP contribution in [0.25, 0.3) is 11.0 Å². The van der Waals surface area contributed by atoms with Gasteiger partial charge in [-0.05, 0) is 50.7 Å². The number of carbonyl (C=O) groups is 1. The lowest BCUT2D eigenvalue weighted by atomic mass is 10.0. The number of ether oxygens (including phenoxy) is 3. The van der Waals surface area contributed by atoms with Crippen molar-refractivity contribution >= 4 is 34.8 Å². The maximum Gasteiger partial charge on any atom is 0.407 e. The average Bonchev–Trinajstić information content (AvgIpc) is 3.66. The van der Waals surface area contributed by atoms with Gasteiger partial charge in [-0.2, -0.15) is 10.2 Å². The zero-order valence-corrected chi connectivity index (χ0v) is 23.4. The van der Waals surface area contributed by atoms with Crippen molar-refractivity contribution < 1.29 is 19.0 Å². The summed E-state index contributed by atoms with van der Waals surface area (Å²) in [5.41, 5.74) is 4.41. The molecule has 0 radical (unpaired) electrons. The second-order valence-corrected chi connectivity index (χ2v) is 11.0. The highest BCUT2D eigenvalue weighted by atomic mass is 16.6. The molecule has 218 valence electrons. The highest BCUT2D eigenvalue weighted by molar-refractivity contribution is 5.91. The number of H-pyrrole nitrogens is 1. The number of hydrogen-bond acceptors (Lipinski definition) is 9. The number of amides is 1. The molecule has 6 rings (SSSR count). The van der Waals surface area contributed by atoms with Crippen molar-refractivity contribution in [3.05, 3.63) is 41.9 Å². The topological polar surface area (TPSA) is 141 Å². The summed E-state index contributed by atoms with van der Waals surface area (Å²) in [6, 6.07) is 3.96. The molecule has 1 amide bonds. The summed E-state index contributed by atoms with van der Waals surface area (Å²) in [7, 11) is 1.91. The largest absolute Gasteiger partial charge is 0.446 e. The highest BCUT2D eigenvalue weighted by Crippen LogP contribution is 2.36. The number of rotatable bonds is 9. The van der Waals surface area contributed by atoms with Crippen LogP contribution in [-0.4, -0.2) is 75.8 Å². The van der Waals surface area contributed by atoms with E-state index in [-0.39, 0.29) is 30.1 Å². The number of aromatic nitrogens is 5. The lowest BCUT2D eigenvalue weighted by molar-refractivity contribution is -0.0168. The van der Waals surface area contributed by atoms with Crippen LogP contribution in [0.2, 0.25) is 0 Å². The van der Waals surface area contributed by atoms with Crippen LogP contribution in [0.4, 0.5) is 16.3 Å². The number of carbonyl (C=O) groups excluding carboxylic acids is 1. The average molecular weight is 563 g/mol. The summed E-state index contributed by atoms with van der Waals surface area (Å²) >= 11 is 0. The van der Waals surface area contributed by atoms with E-state index in [0.29, 0.717) is 32.1 Å². The number of aryl methyl sites for hydroxylation is 1. The van der Waals surface area contributed by atoms with Crippen molar-refractivity contribution in [2.24, 2.45) is 18.0 Å². The van der Waals surface area contributed by atoms with Gasteiger partial charge in [0.05, 0.1) is 25.0 Å². The number of nitrogens with one attached hydrogen (secondary N) is 3. The molecule has 2 aliphatic heterocycles. The molecular formula is C29H38N8O4. The summed E-state index contributed by atoms with van der Waals surface area (Å²) in [6.07, 6.45) is 12.8. The lowest BCUT2D eigenvalue weighted by Crippen LogP contribution is -2.33. The second kappa shape index (κ2) is 12.8. The Bertz CT molecular complexity index is 1390. The van der Waals surface area contributed by atoms with E-state index >= 15 is 0 Å². The standard InChI is InChI=1S/C29H38N8O4/c1-37-28-23(9-11-31-27(28)25(36-37)18-40-22-6-2-3-12-39-17-22)33-26-14-24(34-35-26)20-7-8-21(13-20)41-29(38)32-16-19-5-4-10-30-15-19/h4-5,9-11,14,19-22H,2-3,6-8,12-13,15-18H2,1H3,(H,32,38)(H2,31,33,34,35). The first-order chi connectivity index (χ1) is 20.1. The maximum atomic E-state index is 12.3. The van der Waals surface area contributed by atoms with Gasteiger partial charge in [0.15, 0.2) is 5.82 Å². The third-order valence-electron chi connectivity index (χ3n) is 8.00. The Morgan fingerprint density at radius 3 is 3.10 bits per heavy atom. The molecule has 3 aliphatic rings. The molecule has 0 aromatic carbocycles. The number of hydrogen-bond donors (Lipinski definition) is 3. The Hall–Kier alpha value is -3.77. The van der Waals surface area contributed by atoms with Crippen LogP contribution in [0.3, 0.4) is 0 Å². The van der Waals surface area contributed by atoms with Crippen molar-refractivity contribution in [1.82, 2.24) is 30.3 Å². The Kier molecular flexibility index (Phi) is 8.57. The van der Waals surface area contributed by atoms with E-state index in [9.17, 15) is 4.79 Å². The molecule has 1 aliphatic carbocycles. The van der Waals surface area contributed by atoms with Gasteiger partial charge in [0.2, 0.25) is 0 Å². The number of aromatic amines is 1. The SMILES string of the molecule is Cn1nc(COC2CCCCOC2)c2nccc(Nc3cc(C4CCC(OC(=O)NCC5C=CC=NC5)C4)[nH]n3)c21. The van der Waals surface area contributed by atoms with Gasteiger partial charge < -0.3 is 24.8 Å². The fourth-order valence-electron chi connectivity index (χ4n) is 5.81. The van der Waals surface area contributed by atoms with Crippen LogP contribution in [0, 0.1) is 5.92 Å². The Morgan fingerprint density at radius 1 is 1.24 bits per heavy atom. The quantitative estimate of drug-likeness (QED) is 0.353. The Labute approximate surface area is 238 Å². The number of allylic oxidation sites excluding steroid dienone is 1. The molecule has 3 aromatic heterocycles. The van der Waals surface area contributed by atoms with E-state index in [1.807, 2.05) is 29.9 Å². The smallest absolute Gasteiger partial charge is 0.407 e. The van der Waals surface area contributed by atoms with Crippen LogP contribution < -0.4 is 10.6 Å². The number of fused-ring (bicyclic) bond motifs is 1. The molecule has 5 heterocycles. The third kappa shape index (κ3) is 6.76. The van der Waals surface area contributed by atoms with Gasteiger partial charge in [0.25, 0.3) is 0 Å². The first kappa shape index (κ1) is 27.4. The van der Waals surface area contributed by atoms with E-state index in [0.717, 1.165) is 73.2 Å². The van der Waals surface area contributed by atoms with Crippen LogP contribution in [-0.2, 0) is 27.9 Å². The predicted molar refractivity (Wildman–Crippen MR) is 154 cm³/mol. The number of dihydropyridines is 1. The predicted octanol–water partition coefficient (Wildman–Crippen LogP) is 4.14. The molecule has 1 saturated heterocycles. The van der Waals surface area contributed by atoms with E-state index in [4.69, 9.17) is 19.3 Å². The molecule has 3 N–H and O–H groups in total. The fraction of sp³-hybridized carbons (Fsp3) is 0.552. The first-order valence-corrected chi connectivity index (χ1v) is 14.6. The minimum absolute atomic E-state index is 0.0856. The minimum Gasteiger partial charge on any atom is -0.446 e. The Morgan fingerprint density at radius 2 is 2.20 bits per heavy atom. The maximum absolute atomic E-state index is 12.3. The highest BCUT2D eigenvalue weighted by Gasteiger charge is 2.30. The lowest BCUT2D eigenvalue weighted by Gasteiger charge is -2.16. The molecule has 4 unspecified atom stereocenters. The molecule has 12 nitrogen and oxygen atoms in total. The molecule has 1 saturated carbocycles. The number of anilines is 2. The van der Waals surface area contributed by atoms with Gasteiger partial charge in [0, 0.05) is 62.8 Å². The van der Waals surface area contributed by atoms with Gasteiger partial charge in [-0.15, -0.1) is 0 Å². The van der Waals surface area contributed by atoms with Gasteiger partial charge in [-0.1, -0.05) is 6.08 Å². The molecule has 0 bridgehead atoms. The summed E-state index contributed by atoms with van der Waals surface area (Å²) in [6.45, 7) is 3.04. The normalized spacial score (nSPS) is 24.4. The van der Waals surface area contributed by atoms with Crippen molar-refractivity contribution in [3.8, 4) is 0 Å². The van der Waals surface area contributed by atoms with Crippen LogP contribution in [0.5, 0.6) is 0 Å². The van der Waals surface area contributed by atoms with Crippen molar-refractivity contribution in [2.45, 2.75) is 63.3 Å². The van der Waals surface area contributed by atoms with Gasteiger partial charge >= 0.3 is 6.09 Å². The third-order valence-corrected chi connectivity index (χ3v) is 8.00. The van der Waals surface area contributed by atoms with Crippen molar-refractivity contribution in [2.75, 3.05) is 31.6 Å². The van der Waals surface area contributed by atoms with Crippen molar-refractivity contribution in [3.63, 3.8) is 0 Å². The van der Waals surface area contributed by atoms with E-state index in [1.54, 1.807) is 12.4 Å². The number of nitrogens with zero attached hydrogens (tertiary/aromatic N) is 5. The van der Waals surface area contributed by atoms with Crippen molar-refractivity contribution in [1.29, 1.82) is 0 Å².